The third-order valence-electron chi connectivity index (χ3n) is 5.08. The van der Waals surface area contributed by atoms with Gasteiger partial charge in [-0.3, -0.25) is 14.5 Å². The first-order valence-corrected chi connectivity index (χ1v) is 9.35. The van der Waals surface area contributed by atoms with Crippen molar-refractivity contribution in [2.24, 2.45) is 0 Å². The molecule has 1 atom stereocenters. The Labute approximate surface area is 161 Å². The zero-order valence-electron chi connectivity index (χ0n) is 16.2. The lowest BCUT2D eigenvalue weighted by molar-refractivity contribution is -0.117. The molecule has 1 N–H and O–H groups in total. The van der Waals surface area contributed by atoms with Gasteiger partial charge in [0.1, 0.15) is 0 Å². The summed E-state index contributed by atoms with van der Waals surface area (Å²) in [6.45, 7) is 0.331. The van der Waals surface area contributed by atoms with Gasteiger partial charge in [-0.15, -0.1) is 0 Å². The van der Waals surface area contributed by atoms with Crippen molar-refractivity contribution in [2.75, 3.05) is 33.0 Å². The summed E-state index contributed by atoms with van der Waals surface area (Å²) in [5.41, 5.74) is 4.04. The van der Waals surface area contributed by atoms with Crippen LogP contribution in [0.15, 0.2) is 48.5 Å². The van der Waals surface area contributed by atoms with Crippen LogP contribution < -0.4 is 5.32 Å². The molecule has 2 amide bonds. The second-order valence-electron chi connectivity index (χ2n) is 7.35. The van der Waals surface area contributed by atoms with Crippen LogP contribution in [0.25, 0.3) is 0 Å². The van der Waals surface area contributed by atoms with E-state index < -0.39 is 0 Å². The highest BCUT2D eigenvalue weighted by atomic mass is 16.2. The summed E-state index contributed by atoms with van der Waals surface area (Å²) >= 11 is 0. The zero-order chi connectivity index (χ0) is 19.4. The quantitative estimate of drug-likeness (QED) is 0.884. The number of nitrogens with one attached hydrogen (secondary N) is 1. The van der Waals surface area contributed by atoms with Crippen LogP contribution in [-0.2, 0) is 11.2 Å². The number of carbonyl (C=O) groups is 2. The number of hydrogen-bond donors (Lipinski definition) is 1. The molecular formula is C22H27N3O2. The Morgan fingerprint density at radius 2 is 1.74 bits per heavy atom. The van der Waals surface area contributed by atoms with Crippen molar-refractivity contribution in [3.05, 3.63) is 65.2 Å². The molecule has 0 saturated carbocycles. The lowest BCUT2D eigenvalue weighted by atomic mass is 9.87. The Bertz CT molecular complexity index is 815. The van der Waals surface area contributed by atoms with Gasteiger partial charge < -0.3 is 10.2 Å². The molecular weight excluding hydrogens is 338 g/mol. The highest BCUT2D eigenvalue weighted by molar-refractivity contribution is 5.96. The van der Waals surface area contributed by atoms with Crippen molar-refractivity contribution >= 4 is 17.5 Å². The molecule has 142 valence electrons. The van der Waals surface area contributed by atoms with Gasteiger partial charge in [0, 0.05) is 31.4 Å². The minimum atomic E-state index is -0.0522. The highest BCUT2D eigenvalue weighted by Gasteiger charge is 2.24. The maximum atomic E-state index is 12.5. The van der Waals surface area contributed by atoms with E-state index in [9.17, 15) is 9.59 Å². The molecule has 0 heterocycles. The minimum Gasteiger partial charge on any atom is -0.345 e. The summed E-state index contributed by atoms with van der Waals surface area (Å²) < 4.78 is 0. The second kappa shape index (κ2) is 8.35. The van der Waals surface area contributed by atoms with Crippen LogP contribution in [0.5, 0.6) is 0 Å². The Morgan fingerprint density at radius 3 is 2.44 bits per heavy atom. The molecule has 0 spiro atoms. The SMILES string of the molecule is CN(C)C(=O)c1ccc(NC(=O)CN(C)[C@H]2CCCc3ccccc32)cc1. The molecule has 0 radical (unpaired) electrons. The summed E-state index contributed by atoms with van der Waals surface area (Å²) in [6, 6.07) is 15.8. The number of rotatable bonds is 5. The van der Waals surface area contributed by atoms with Gasteiger partial charge in [-0.05, 0) is 61.7 Å². The first kappa shape index (κ1) is 19.1. The number of fused-ring (bicyclic) bond motifs is 1. The number of hydrogen-bond acceptors (Lipinski definition) is 3. The molecule has 0 aromatic heterocycles. The standard InChI is InChI=1S/C22H27N3O2/c1-24(2)22(27)17-11-13-18(14-12-17)23-21(26)15-25(3)20-10-6-8-16-7-4-5-9-19(16)20/h4-5,7,9,11-14,20H,6,8,10,15H2,1-3H3,(H,23,26)/t20-/m0/s1. The lowest BCUT2D eigenvalue weighted by Crippen LogP contribution is -2.34. The van der Waals surface area contributed by atoms with Gasteiger partial charge in [0.15, 0.2) is 0 Å². The van der Waals surface area contributed by atoms with E-state index in [4.69, 9.17) is 0 Å². The molecule has 27 heavy (non-hydrogen) atoms. The van der Waals surface area contributed by atoms with E-state index >= 15 is 0 Å². The summed E-state index contributed by atoms with van der Waals surface area (Å²) in [6.07, 6.45) is 3.34. The zero-order valence-corrected chi connectivity index (χ0v) is 16.2. The molecule has 0 fully saturated rings. The summed E-state index contributed by atoms with van der Waals surface area (Å²) in [5.74, 6) is -0.101. The normalized spacial score (nSPS) is 15.9. The average Bonchev–Trinajstić information content (AvgIpc) is 2.67. The number of benzene rings is 2. The number of nitrogens with zero attached hydrogens (tertiary/aromatic N) is 2. The second-order valence-corrected chi connectivity index (χ2v) is 7.35. The molecule has 0 bridgehead atoms. The molecule has 2 aromatic carbocycles. The fourth-order valence-corrected chi connectivity index (χ4v) is 3.68. The lowest BCUT2D eigenvalue weighted by Gasteiger charge is -2.32. The molecule has 5 heteroatoms. The highest BCUT2D eigenvalue weighted by Crippen LogP contribution is 2.33. The van der Waals surface area contributed by atoms with Crippen LogP contribution >= 0.6 is 0 Å². The number of carbonyl (C=O) groups excluding carboxylic acids is 2. The van der Waals surface area contributed by atoms with E-state index in [0.717, 1.165) is 19.3 Å². The van der Waals surface area contributed by atoms with Gasteiger partial charge >= 0.3 is 0 Å². The smallest absolute Gasteiger partial charge is 0.253 e. The van der Waals surface area contributed by atoms with E-state index in [-0.39, 0.29) is 17.9 Å². The molecule has 0 unspecified atom stereocenters. The van der Waals surface area contributed by atoms with Gasteiger partial charge in [-0.1, -0.05) is 24.3 Å². The van der Waals surface area contributed by atoms with Crippen LogP contribution in [0.3, 0.4) is 0 Å². The number of anilines is 1. The van der Waals surface area contributed by atoms with Crippen molar-refractivity contribution in [1.82, 2.24) is 9.80 Å². The summed E-state index contributed by atoms with van der Waals surface area (Å²) in [5, 5.41) is 2.93. The fourth-order valence-electron chi connectivity index (χ4n) is 3.68. The molecule has 1 aliphatic rings. The van der Waals surface area contributed by atoms with Crippen LogP contribution in [0, 0.1) is 0 Å². The molecule has 0 saturated heterocycles. The Balaban J connectivity index is 1.60. The molecule has 3 rings (SSSR count). The maximum Gasteiger partial charge on any atom is 0.253 e. The van der Waals surface area contributed by atoms with E-state index in [0.29, 0.717) is 17.8 Å². The van der Waals surface area contributed by atoms with Gasteiger partial charge in [-0.25, -0.2) is 0 Å². The topological polar surface area (TPSA) is 52.7 Å². The van der Waals surface area contributed by atoms with Crippen LogP contribution in [-0.4, -0.2) is 49.3 Å². The van der Waals surface area contributed by atoms with Crippen molar-refractivity contribution in [3.63, 3.8) is 0 Å². The number of aryl methyl sites for hydroxylation is 1. The van der Waals surface area contributed by atoms with E-state index in [1.165, 1.54) is 16.0 Å². The van der Waals surface area contributed by atoms with Crippen molar-refractivity contribution < 1.29 is 9.59 Å². The Hall–Kier alpha value is -2.66. The average molecular weight is 365 g/mol. The predicted octanol–water partition coefficient (Wildman–Crippen LogP) is 3.34. The van der Waals surface area contributed by atoms with Gasteiger partial charge in [0.05, 0.1) is 6.54 Å². The summed E-state index contributed by atoms with van der Waals surface area (Å²) in [7, 11) is 5.44. The van der Waals surface area contributed by atoms with Crippen LogP contribution in [0.1, 0.15) is 40.4 Å². The van der Waals surface area contributed by atoms with E-state index in [1.807, 2.05) is 7.05 Å². The monoisotopic (exact) mass is 365 g/mol. The van der Waals surface area contributed by atoms with Crippen molar-refractivity contribution in [2.45, 2.75) is 25.3 Å². The van der Waals surface area contributed by atoms with Crippen molar-refractivity contribution in [3.8, 4) is 0 Å². The molecule has 0 aliphatic heterocycles. The molecule has 1 aliphatic carbocycles. The first-order valence-electron chi connectivity index (χ1n) is 9.35. The Morgan fingerprint density at radius 1 is 1.04 bits per heavy atom. The fraction of sp³-hybridized carbons (Fsp3) is 0.364. The van der Waals surface area contributed by atoms with Gasteiger partial charge in [0.25, 0.3) is 5.91 Å². The summed E-state index contributed by atoms with van der Waals surface area (Å²) in [4.78, 5) is 28.1. The number of amides is 2. The van der Waals surface area contributed by atoms with Crippen LogP contribution in [0.4, 0.5) is 5.69 Å². The third-order valence-corrected chi connectivity index (χ3v) is 5.08. The third kappa shape index (κ3) is 4.55. The van der Waals surface area contributed by atoms with Gasteiger partial charge in [-0.2, -0.15) is 0 Å². The van der Waals surface area contributed by atoms with Gasteiger partial charge in [0.2, 0.25) is 5.91 Å². The van der Waals surface area contributed by atoms with E-state index in [2.05, 4.69) is 34.5 Å². The van der Waals surface area contributed by atoms with Crippen LogP contribution in [0.2, 0.25) is 0 Å². The number of likely N-dealkylation sites (N-methyl/N-ethyl adjacent to an activating group) is 1. The predicted molar refractivity (Wildman–Crippen MR) is 108 cm³/mol. The minimum absolute atomic E-state index is 0.0489. The first-order chi connectivity index (χ1) is 13.0. The van der Waals surface area contributed by atoms with Crippen molar-refractivity contribution in [1.29, 1.82) is 0 Å². The largest absolute Gasteiger partial charge is 0.345 e. The Kier molecular flexibility index (Phi) is 5.91. The molecule has 5 nitrogen and oxygen atoms in total. The van der Waals surface area contributed by atoms with E-state index in [1.54, 1.807) is 38.4 Å². The maximum absolute atomic E-state index is 12.5. The molecule has 2 aromatic rings.